The molecule has 0 amide bonds. The number of methoxy groups -OCH3 is 1. The third kappa shape index (κ3) is 6.55. The van der Waals surface area contributed by atoms with E-state index in [1.165, 1.54) is 18.9 Å². The Morgan fingerprint density at radius 1 is 1.19 bits per heavy atom. The van der Waals surface area contributed by atoms with Gasteiger partial charge in [-0.05, 0) is 45.1 Å². The number of ether oxygens (including phenoxy) is 2. The Bertz CT molecular complexity index is 764. The first kappa shape index (κ1) is 20.7. The van der Waals surface area contributed by atoms with Crippen molar-refractivity contribution in [3.63, 3.8) is 0 Å². The van der Waals surface area contributed by atoms with E-state index in [-0.39, 0.29) is 0 Å². The van der Waals surface area contributed by atoms with Gasteiger partial charge in [-0.3, -0.25) is 4.98 Å². The van der Waals surface area contributed by atoms with Gasteiger partial charge >= 0.3 is 5.97 Å². The molecule has 2 aromatic rings. The van der Waals surface area contributed by atoms with Gasteiger partial charge in [0.25, 0.3) is 0 Å². The van der Waals surface area contributed by atoms with Crippen LogP contribution in [0.1, 0.15) is 50.4 Å². The quantitative estimate of drug-likeness (QED) is 0.422. The van der Waals surface area contributed by atoms with Gasteiger partial charge in [-0.25, -0.2) is 4.79 Å². The Labute approximate surface area is 162 Å². The average molecular weight is 367 g/mol. The Morgan fingerprint density at radius 3 is 2.59 bits per heavy atom. The number of esters is 1. The van der Waals surface area contributed by atoms with Gasteiger partial charge in [-0.2, -0.15) is 0 Å². The van der Waals surface area contributed by atoms with Crippen molar-refractivity contribution >= 4 is 5.97 Å². The summed E-state index contributed by atoms with van der Waals surface area (Å²) in [5, 5.41) is 0. The molecule has 0 N–H and O–H groups in total. The van der Waals surface area contributed by atoms with Crippen molar-refractivity contribution in [2.45, 2.75) is 40.0 Å². The fourth-order valence-electron chi connectivity index (χ4n) is 2.77. The molecule has 4 heteroatoms. The predicted molar refractivity (Wildman–Crippen MR) is 109 cm³/mol. The van der Waals surface area contributed by atoms with E-state index in [1.54, 1.807) is 6.07 Å². The Kier molecular flexibility index (Phi) is 8.05. The summed E-state index contributed by atoms with van der Waals surface area (Å²) in [6.45, 7) is 7.08. The normalized spacial score (nSPS) is 11.6. The summed E-state index contributed by atoms with van der Waals surface area (Å²) in [6.07, 6.45) is 6.99. The van der Waals surface area contributed by atoms with E-state index in [9.17, 15) is 4.79 Å². The molecule has 0 spiro atoms. The molecule has 0 unspecified atom stereocenters. The molecule has 0 aliphatic rings. The smallest absolute Gasteiger partial charge is 0.339 e. The summed E-state index contributed by atoms with van der Waals surface area (Å²) in [6, 6.07) is 11.6. The van der Waals surface area contributed by atoms with E-state index in [0.29, 0.717) is 23.8 Å². The number of hydrogen-bond acceptors (Lipinski definition) is 4. The minimum atomic E-state index is -0.415. The highest BCUT2D eigenvalue weighted by Crippen LogP contribution is 2.29. The second kappa shape index (κ2) is 10.5. The van der Waals surface area contributed by atoms with E-state index in [4.69, 9.17) is 9.47 Å². The van der Waals surface area contributed by atoms with Gasteiger partial charge in [-0.15, -0.1) is 0 Å². The number of rotatable bonds is 9. The Balaban J connectivity index is 2.08. The maximum absolute atomic E-state index is 11.8. The second-order valence-corrected chi connectivity index (χ2v) is 7.03. The van der Waals surface area contributed by atoms with Crippen molar-refractivity contribution < 1.29 is 14.3 Å². The maximum Gasteiger partial charge on any atom is 0.339 e. The van der Waals surface area contributed by atoms with E-state index in [0.717, 1.165) is 30.5 Å². The van der Waals surface area contributed by atoms with Gasteiger partial charge < -0.3 is 9.47 Å². The monoisotopic (exact) mass is 367 g/mol. The number of benzene rings is 1. The molecule has 1 aromatic heterocycles. The first-order chi connectivity index (χ1) is 13.0. The SMILES string of the molecule is COC(=O)c1cnc(-c2ccccc2)c(OCC[C@@H](C)CCC=C(C)C)c1. The lowest BCUT2D eigenvalue weighted by atomic mass is 10.0. The summed E-state index contributed by atoms with van der Waals surface area (Å²) in [7, 11) is 1.36. The highest BCUT2D eigenvalue weighted by molar-refractivity contribution is 5.90. The molecule has 0 aliphatic carbocycles. The van der Waals surface area contributed by atoms with Crippen molar-refractivity contribution in [2.75, 3.05) is 13.7 Å². The van der Waals surface area contributed by atoms with Crippen molar-refractivity contribution in [1.82, 2.24) is 4.98 Å². The molecule has 27 heavy (non-hydrogen) atoms. The average Bonchev–Trinajstić information content (AvgIpc) is 2.67. The number of pyridine rings is 1. The molecule has 0 bridgehead atoms. The number of carbonyl (C=O) groups is 1. The zero-order valence-corrected chi connectivity index (χ0v) is 16.7. The summed E-state index contributed by atoms with van der Waals surface area (Å²) in [4.78, 5) is 16.3. The van der Waals surface area contributed by atoms with Crippen LogP contribution in [0.15, 0.2) is 54.2 Å². The van der Waals surface area contributed by atoms with Crippen molar-refractivity contribution in [3.05, 3.63) is 59.8 Å². The molecule has 0 saturated heterocycles. The molecule has 1 heterocycles. The standard InChI is InChI=1S/C23H29NO3/c1-17(2)9-8-10-18(3)13-14-27-21-15-20(23(25)26-4)16-24-22(21)19-11-6-5-7-12-19/h5-7,9,11-12,15-16,18H,8,10,13-14H2,1-4H3/t18-/m0/s1. The molecule has 144 valence electrons. The molecule has 2 rings (SSSR count). The Morgan fingerprint density at radius 2 is 1.93 bits per heavy atom. The number of aromatic nitrogens is 1. The fourth-order valence-corrected chi connectivity index (χ4v) is 2.77. The first-order valence-corrected chi connectivity index (χ1v) is 9.41. The lowest BCUT2D eigenvalue weighted by Crippen LogP contribution is -2.08. The Hall–Kier alpha value is -2.62. The van der Waals surface area contributed by atoms with Crippen LogP contribution in [-0.2, 0) is 4.74 Å². The first-order valence-electron chi connectivity index (χ1n) is 9.41. The summed E-state index contributed by atoms with van der Waals surface area (Å²) < 4.78 is 10.8. The highest BCUT2D eigenvalue weighted by Gasteiger charge is 2.14. The molecule has 0 aliphatic heterocycles. The molecule has 0 saturated carbocycles. The van der Waals surface area contributed by atoms with Crippen LogP contribution in [0.2, 0.25) is 0 Å². The predicted octanol–water partition coefficient (Wildman–Crippen LogP) is 5.69. The zero-order chi connectivity index (χ0) is 19.6. The van der Waals surface area contributed by atoms with E-state index in [2.05, 4.69) is 31.8 Å². The maximum atomic E-state index is 11.8. The third-order valence-corrected chi connectivity index (χ3v) is 4.40. The van der Waals surface area contributed by atoms with Crippen LogP contribution in [0.25, 0.3) is 11.3 Å². The zero-order valence-electron chi connectivity index (χ0n) is 16.7. The molecule has 0 radical (unpaired) electrons. The van der Waals surface area contributed by atoms with Gasteiger partial charge in [-0.1, -0.05) is 48.9 Å². The summed E-state index contributed by atoms with van der Waals surface area (Å²) in [5.74, 6) is 0.764. The fraction of sp³-hybridized carbons (Fsp3) is 0.391. The number of hydrogen-bond donors (Lipinski definition) is 0. The van der Waals surface area contributed by atoms with Crippen LogP contribution >= 0.6 is 0 Å². The van der Waals surface area contributed by atoms with Gasteiger partial charge in [0.1, 0.15) is 11.4 Å². The van der Waals surface area contributed by atoms with E-state index >= 15 is 0 Å². The molecule has 4 nitrogen and oxygen atoms in total. The van der Waals surface area contributed by atoms with Crippen LogP contribution in [0.3, 0.4) is 0 Å². The second-order valence-electron chi connectivity index (χ2n) is 7.03. The minimum Gasteiger partial charge on any atom is -0.491 e. The van der Waals surface area contributed by atoms with Crippen molar-refractivity contribution in [1.29, 1.82) is 0 Å². The molecular formula is C23H29NO3. The van der Waals surface area contributed by atoms with Gasteiger partial charge in [0, 0.05) is 11.8 Å². The van der Waals surface area contributed by atoms with Crippen molar-refractivity contribution in [2.24, 2.45) is 5.92 Å². The minimum absolute atomic E-state index is 0.392. The number of nitrogens with zero attached hydrogens (tertiary/aromatic N) is 1. The summed E-state index contributed by atoms with van der Waals surface area (Å²) in [5.41, 5.74) is 3.45. The van der Waals surface area contributed by atoms with Crippen LogP contribution in [0, 0.1) is 5.92 Å². The van der Waals surface area contributed by atoms with Gasteiger partial charge in [0.2, 0.25) is 0 Å². The van der Waals surface area contributed by atoms with Crippen LogP contribution in [0.5, 0.6) is 5.75 Å². The van der Waals surface area contributed by atoms with Gasteiger partial charge in [0.05, 0.1) is 19.3 Å². The lowest BCUT2D eigenvalue weighted by molar-refractivity contribution is 0.0599. The topological polar surface area (TPSA) is 48.4 Å². The molecular weight excluding hydrogens is 338 g/mol. The molecule has 0 fully saturated rings. The van der Waals surface area contributed by atoms with Crippen molar-refractivity contribution in [3.8, 4) is 17.0 Å². The molecule has 1 aromatic carbocycles. The third-order valence-electron chi connectivity index (χ3n) is 4.40. The van der Waals surface area contributed by atoms with Crippen LogP contribution < -0.4 is 4.74 Å². The largest absolute Gasteiger partial charge is 0.491 e. The van der Waals surface area contributed by atoms with E-state index < -0.39 is 5.97 Å². The van der Waals surface area contributed by atoms with E-state index in [1.807, 2.05) is 30.3 Å². The molecule has 1 atom stereocenters. The number of allylic oxidation sites excluding steroid dienone is 2. The van der Waals surface area contributed by atoms with Gasteiger partial charge in [0.15, 0.2) is 0 Å². The van der Waals surface area contributed by atoms with Crippen LogP contribution in [0.4, 0.5) is 0 Å². The number of carbonyl (C=O) groups excluding carboxylic acids is 1. The summed E-state index contributed by atoms with van der Waals surface area (Å²) >= 11 is 0. The van der Waals surface area contributed by atoms with Crippen LogP contribution in [-0.4, -0.2) is 24.7 Å². The lowest BCUT2D eigenvalue weighted by Gasteiger charge is -2.14. The highest BCUT2D eigenvalue weighted by atomic mass is 16.5.